The van der Waals surface area contributed by atoms with Gasteiger partial charge in [0, 0.05) is 12.6 Å². The summed E-state index contributed by atoms with van der Waals surface area (Å²) in [7, 11) is 0. The lowest BCUT2D eigenvalue weighted by atomic mass is 10.2. The highest BCUT2D eigenvalue weighted by Gasteiger charge is 2.45. The van der Waals surface area contributed by atoms with Crippen molar-refractivity contribution in [3.63, 3.8) is 0 Å². The van der Waals surface area contributed by atoms with E-state index in [1.807, 2.05) is 34.6 Å². The SMILES string of the molecule is CC(C)NCC1COC(C)(C)N1C(=O)OC(C)(C)C. The van der Waals surface area contributed by atoms with E-state index in [0.717, 1.165) is 0 Å². The molecule has 1 saturated heterocycles. The number of nitrogens with zero attached hydrogens (tertiary/aromatic N) is 1. The largest absolute Gasteiger partial charge is 0.444 e. The van der Waals surface area contributed by atoms with Gasteiger partial charge in [0.05, 0.1) is 12.6 Å². The molecule has 0 spiro atoms. The van der Waals surface area contributed by atoms with E-state index >= 15 is 0 Å². The monoisotopic (exact) mass is 272 g/mol. The maximum Gasteiger partial charge on any atom is 0.412 e. The van der Waals surface area contributed by atoms with Gasteiger partial charge < -0.3 is 14.8 Å². The molecule has 0 radical (unpaired) electrons. The topological polar surface area (TPSA) is 50.8 Å². The first-order valence-electron chi connectivity index (χ1n) is 6.92. The Labute approximate surface area is 116 Å². The van der Waals surface area contributed by atoms with Crippen LogP contribution < -0.4 is 5.32 Å². The smallest absolute Gasteiger partial charge is 0.412 e. The second kappa shape index (κ2) is 5.67. The number of rotatable bonds is 3. The van der Waals surface area contributed by atoms with Crippen molar-refractivity contribution in [2.75, 3.05) is 13.2 Å². The third-order valence-corrected chi connectivity index (χ3v) is 2.93. The quantitative estimate of drug-likeness (QED) is 0.857. The Morgan fingerprint density at radius 2 is 2.05 bits per heavy atom. The minimum absolute atomic E-state index is 0.00671. The first kappa shape index (κ1) is 16.2. The lowest BCUT2D eigenvalue weighted by Crippen LogP contribution is -2.52. The average Bonchev–Trinajstić information content (AvgIpc) is 2.47. The highest BCUT2D eigenvalue weighted by molar-refractivity contribution is 5.69. The van der Waals surface area contributed by atoms with Crippen LogP contribution in [0.15, 0.2) is 0 Å². The Kier molecular flexibility index (Phi) is 4.85. The molecule has 0 bridgehead atoms. The fraction of sp³-hybridized carbons (Fsp3) is 0.929. The van der Waals surface area contributed by atoms with Crippen LogP contribution in [0.25, 0.3) is 0 Å². The van der Waals surface area contributed by atoms with Crippen molar-refractivity contribution in [1.29, 1.82) is 0 Å². The van der Waals surface area contributed by atoms with Gasteiger partial charge in [-0.25, -0.2) is 4.79 Å². The van der Waals surface area contributed by atoms with Crippen LogP contribution in [0, 0.1) is 0 Å². The zero-order chi connectivity index (χ0) is 14.8. The predicted molar refractivity (Wildman–Crippen MR) is 75.0 cm³/mol. The van der Waals surface area contributed by atoms with Gasteiger partial charge in [0.1, 0.15) is 11.3 Å². The molecular formula is C14H28N2O3. The van der Waals surface area contributed by atoms with Crippen molar-refractivity contribution in [2.24, 2.45) is 0 Å². The molecule has 1 atom stereocenters. The molecule has 1 aliphatic heterocycles. The Bertz CT molecular complexity index is 321. The summed E-state index contributed by atoms with van der Waals surface area (Å²) < 4.78 is 11.2. The molecular weight excluding hydrogens is 244 g/mol. The van der Waals surface area contributed by atoms with Crippen molar-refractivity contribution in [3.05, 3.63) is 0 Å². The number of nitrogens with one attached hydrogen (secondary N) is 1. The van der Waals surface area contributed by atoms with E-state index in [2.05, 4.69) is 19.2 Å². The van der Waals surface area contributed by atoms with Crippen LogP contribution in [-0.4, -0.2) is 47.6 Å². The number of carbonyl (C=O) groups is 1. The second-order valence-electron chi connectivity index (χ2n) is 6.82. The highest BCUT2D eigenvalue weighted by atomic mass is 16.6. The fourth-order valence-electron chi connectivity index (χ4n) is 2.09. The average molecular weight is 272 g/mol. The van der Waals surface area contributed by atoms with Crippen LogP contribution in [0.2, 0.25) is 0 Å². The van der Waals surface area contributed by atoms with Gasteiger partial charge in [0.15, 0.2) is 0 Å². The van der Waals surface area contributed by atoms with Gasteiger partial charge >= 0.3 is 6.09 Å². The Hall–Kier alpha value is -0.810. The molecule has 0 aromatic rings. The van der Waals surface area contributed by atoms with E-state index in [9.17, 15) is 4.79 Å². The minimum Gasteiger partial charge on any atom is -0.444 e. The predicted octanol–water partition coefficient (Wildman–Crippen LogP) is 2.36. The molecule has 0 aliphatic carbocycles. The molecule has 1 N–H and O–H groups in total. The molecule has 112 valence electrons. The molecule has 1 rings (SSSR count). The fourth-order valence-corrected chi connectivity index (χ4v) is 2.09. The maximum atomic E-state index is 12.3. The summed E-state index contributed by atoms with van der Waals surface area (Å²) in [6, 6.07) is 0.386. The van der Waals surface area contributed by atoms with Crippen LogP contribution in [0.1, 0.15) is 48.5 Å². The molecule has 1 unspecified atom stereocenters. The van der Waals surface area contributed by atoms with E-state index in [4.69, 9.17) is 9.47 Å². The Morgan fingerprint density at radius 1 is 1.47 bits per heavy atom. The Morgan fingerprint density at radius 3 is 2.53 bits per heavy atom. The molecule has 19 heavy (non-hydrogen) atoms. The minimum atomic E-state index is -0.619. The standard InChI is InChI=1S/C14H28N2O3/c1-10(2)15-8-11-9-18-14(6,7)16(11)12(17)19-13(3,4)5/h10-11,15H,8-9H2,1-7H3. The van der Waals surface area contributed by atoms with Crippen LogP contribution in [0.5, 0.6) is 0 Å². The van der Waals surface area contributed by atoms with Gasteiger partial charge in [-0.3, -0.25) is 4.90 Å². The normalized spacial score (nSPS) is 22.9. The van der Waals surface area contributed by atoms with Gasteiger partial charge in [-0.2, -0.15) is 0 Å². The van der Waals surface area contributed by atoms with Crippen LogP contribution in [0.4, 0.5) is 4.79 Å². The summed E-state index contributed by atoms with van der Waals surface area (Å²) in [5.74, 6) is 0. The van der Waals surface area contributed by atoms with Crippen molar-refractivity contribution in [1.82, 2.24) is 10.2 Å². The molecule has 1 heterocycles. The summed E-state index contributed by atoms with van der Waals surface area (Å²) in [5.41, 5.74) is -1.11. The molecule has 5 heteroatoms. The zero-order valence-corrected chi connectivity index (χ0v) is 13.2. The number of amides is 1. The van der Waals surface area contributed by atoms with Gasteiger partial charge in [0.25, 0.3) is 0 Å². The van der Waals surface area contributed by atoms with E-state index in [0.29, 0.717) is 19.2 Å². The number of carbonyl (C=O) groups excluding carboxylic acids is 1. The summed E-state index contributed by atoms with van der Waals surface area (Å²) in [5, 5.41) is 3.34. The molecule has 5 nitrogen and oxygen atoms in total. The third kappa shape index (κ3) is 4.66. The van der Waals surface area contributed by atoms with Gasteiger partial charge in [-0.05, 0) is 34.6 Å². The highest BCUT2D eigenvalue weighted by Crippen LogP contribution is 2.29. The Balaban J connectivity index is 2.75. The van der Waals surface area contributed by atoms with Gasteiger partial charge in [0.2, 0.25) is 0 Å². The third-order valence-electron chi connectivity index (χ3n) is 2.93. The van der Waals surface area contributed by atoms with Crippen molar-refractivity contribution in [3.8, 4) is 0 Å². The second-order valence-corrected chi connectivity index (χ2v) is 6.82. The van der Waals surface area contributed by atoms with E-state index in [-0.39, 0.29) is 12.1 Å². The summed E-state index contributed by atoms with van der Waals surface area (Å²) in [6.45, 7) is 14.8. The van der Waals surface area contributed by atoms with Crippen molar-refractivity contribution in [2.45, 2.75) is 71.9 Å². The van der Waals surface area contributed by atoms with Gasteiger partial charge in [-0.1, -0.05) is 13.8 Å². The first-order chi connectivity index (χ1) is 8.53. The lowest BCUT2D eigenvalue weighted by molar-refractivity contribution is -0.0624. The molecule has 0 saturated carbocycles. The summed E-state index contributed by atoms with van der Waals surface area (Å²) in [4.78, 5) is 14.0. The zero-order valence-electron chi connectivity index (χ0n) is 13.2. The maximum absolute atomic E-state index is 12.3. The number of hydrogen-bond acceptors (Lipinski definition) is 4. The van der Waals surface area contributed by atoms with Gasteiger partial charge in [-0.15, -0.1) is 0 Å². The van der Waals surface area contributed by atoms with E-state index in [1.165, 1.54) is 0 Å². The van der Waals surface area contributed by atoms with Crippen molar-refractivity contribution >= 4 is 6.09 Å². The van der Waals surface area contributed by atoms with Crippen LogP contribution >= 0.6 is 0 Å². The van der Waals surface area contributed by atoms with E-state index in [1.54, 1.807) is 4.90 Å². The molecule has 1 aliphatic rings. The van der Waals surface area contributed by atoms with Crippen molar-refractivity contribution < 1.29 is 14.3 Å². The number of ether oxygens (including phenoxy) is 2. The molecule has 1 fully saturated rings. The molecule has 0 aromatic carbocycles. The first-order valence-corrected chi connectivity index (χ1v) is 6.92. The van der Waals surface area contributed by atoms with Crippen LogP contribution in [-0.2, 0) is 9.47 Å². The molecule has 1 amide bonds. The van der Waals surface area contributed by atoms with E-state index < -0.39 is 11.3 Å². The summed E-state index contributed by atoms with van der Waals surface area (Å²) in [6.07, 6.45) is -0.314. The molecule has 0 aromatic heterocycles. The lowest BCUT2D eigenvalue weighted by Gasteiger charge is -2.35. The van der Waals surface area contributed by atoms with Crippen LogP contribution in [0.3, 0.4) is 0 Å². The summed E-state index contributed by atoms with van der Waals surface area (Å²) >= 11 is 0. The number of hydrogen-bond donors (Lipinski definition) is 1.